The van der Waals surface area contributed by atoms with E-state index >= 15 is 0 Å². The number of nitrogens with one attached hydrogen (secondary N) is 1. The molecular formula is C15H25NO2. The van der Waals surface area contributed by atoms with Gasteiger partial charge in [-0.25, -0.2) is 0 Å². The summed E-state index contributed by atoms with van der Waals surface area (Å²) >= 11 is 0. The lowest BCUT2D eigenvalue weighted by molar-refractivity contribution is 0.229. The van der Waals surface area contributed by atoms with Gasteiger partial charge in [-0.2, -0.15) is 0 Å². The molecule has 3 nitrogen and oxygen atoms in total. The van der Waals surface area contributed by atoms with Crippen molar-refractivity contribution < 1.29 is 9.52 Å². The van der Waals surface area contributed by atoms with E-state index in [1.165, 1.54) is 18.4 Å². The second kappa shape index (κ2) is 5.89. The second-order valence-corrected chi connectivity index (χ2v) is 6.12. The van der Waals surface area contributed by atoms with Crippen LogP contribution in [0.25, 0.3) is 0 Å². The summed E-state index contributed by atoms with van der Waals surface area (Å²) < 4.78 is 5.51. The van der Waals surface area contributed by atoms with Crippen molar-refractivity contribution in [3.63, 3.8) is 0 Å². The van der Waals surface area contributed by atoms with E-state index in [0.717, 1.165) is 31.6 Å². The van der Waals surface area contributed by atoms with Gasteiger partial charge < -0.3 is 14.8 Å². The summed E-state index contributed by atoms with van der Waals surface area (Å²) in [6.45, 7) is 5.80. The minimum atomic E-state index is 0.240. The third kappa shape index (κ3) is 3.36. The van der Waals surface area contributed by atoms with Gasteiger partial charge in [0.25, 0.3) is 0 Å². The molecule has 0 radical (unpaired) electrons. The summed E-state index contributed by atoms with van der Waals surface area (Å²) in [5, 5.41) is 12.6. The fourth-order valence-corrected chi connectivity index (χ4v) is 2.74. The first kappa shape index (κ1) is 13.6. The summed E-state index contributed by atoms with van der Waals surface area (Å²) in [7, 11) is 0. The van der Waals surface area contributed by atoms with Crippen molar-refractivity contribution in [3.05, 3.63) is 23.7 Å². The van der Waals surface area contributed by atoms with Crippen molar-refractivity contribution in [2.75, 3.05) is 13.2 Å². The van der Waals surface area contributed by atoms with Crippen molar-refractivity contribution in [2.45, 2.75) is 52.0 Å². The lowest BCUT2D eigenvalue weighted by atomic mass is 9.86. The molecule has 1 atom stereocenters. The summed E-state index contributed by atoms with van der Waals surface area (Å²) in [6.07, 6.45) is 7.23. The summed E-state index contributed by atoms with van der Waals surface area (Å²) in [4.78, 5) is 0. The first-order valence-electron chi connectivity index (χ1n) is 7.03. The summed E-state index contributed by atoms with van der Waals surface area (Å²) in [6, 6.07) is 2.55. The van der Waals surface area contributed by atoms with Crippen LogP contribution in [-0.2, 0) is 6.42 Å². The average molecular weight is 251 g/mol. The molecular weight excluding hydrogens is 226 g/mol. The van der Waals surface area contributed by atoms with Crippen LogP contribution in [0, 0.1) is 5.41 Å². The van der Waals surface area contributed by atoms with Crippen LogP contribution in [-0.4, -0.2) is 18.3 Å². The first-order valence-corrected chi connectivity index (χ1v) is 7.03. The maximum Gasteiger partial charge on any atom is 0.108 e. The maximum absolute atomic E-state index is 8.92. The molecule has 0 amide bonds. The van der Waals surface area contributed by atoms with Gasteiger partial charge in [0.2, 0.25) is 0 Å². The van der Waals surface area contributed by atoms with Crippen LogP contribution in [0.1, 0.15) is 56.9 Å². The molecule has 0 saturated carbocycles. The lowest BCUT2D eigenvalue weighted by Gasteiger charge is -2.30. The van der Waals surface area contributed by atoms with Crippen LogP contribution >= 0.6 is 0 Å². The quantitative estimate of drug-likeness (QED) is 0.817. The fraction of sp³-hybridized carbons (Fsp3) is 0.733. The smallest absolute Gasteiger partial charge is 0.108 e. The molecule has 1 aliphatic carbocycles. The van der Waals surface area contributed by atoms with Crippen molar-refractivity contribution in [3.8, 4) is 0 Å². The molecule has 102 valence electrons. The molecule has 0 fully saturated rings. The summed E-state index contributed by atoms with van der Waals surface area (Å²) in [5.41, 5.74) is 1.59. The molecule has 0 bridgehead atoms. The minimum absolute atomic E-state index is 0.240. The molecule has 18 heavy (non-hydrogen) atoms. The number of aliphatic hydroxyl groups excluding tert-OH is 1. The predicted molar refractivity (Wildman–Crippen MR) is 72.5 cm³/mol. The molecule has 2 rings (SSSR count). The number of furan rings is 1. The third-order valence-electron chi connectivity index (χ3n) is 3.89. The van der Waals surface area contributed by atoms with Crippen molar-refractivity contribution in [1.82, 2.24) is 5.32 Å². The molecule has 1 heterocycles. The molecule has 1 aliphatic rings. The van der Waals surface area contributed by atoms with Crippen molar-refractivity contribution in [1.29, 1.82) is 0 Å². The summed E-state index contributed by atoms with van der Waals surface area (Å²) in [5.74, 6) is 1.16. The fourth-order valence-electron chi connectivity index (χ4n) is 2.74. The predicted octanol–water partition coefficient (Wildman–Crippen LogP) is 3.05. The van der Waals surface area contributed by atoms with Crippen LogP contribution in [0.15, 0.2) is 16.7 Å². The van der Waals surface area contributed by atoms with E-state index in [4.69, 9.17) is 9.52 Å². The van der Waals surface area contributed by atoms with E-state index in [-0.39, 0.29) is 5.41 Å². The number of hydrogen-bond donors (Lipinski definition) is 2. The SMILES string of the molecule is CC(C)(CCCO)CNC1CCCc2occc21. The largest absolute Gasteiger partial charge is 0.469 e. The highest BCUT2D eigenvalue weighted by atomic mass is 16.3. The highest BCUT2D eigenvalue weighted by Gasteiger charge is 2.25. The Bertz CT molecular complexity index is 370. The Hall–Kier alpha value is -0.800. The molecule has 0 aromatic carbocycles. The molecule has 3 heteroatoms. The molecule has 1 aromatic rings. The second-order valence-electron chi connectivity index (χ2n) is 6.12. The van der Waals surface area contributed by atoms with E-state index < -0.39 is 0 Å². The van der Waals surface area contributed by atoms with Crippen LogP contribution in [0.3, 0.4) is 0 Å². The molecule has 0 saturated heterocycles. The zero-order valence-corrected chi connectivity index (χ0v) is 11.5. The van der Waals surface area contributed by atoms with Crippen molar-refractivity contribution in [2.24, 2.45) is 5.41 Å². The van der Waals surface area contributed by atoms with Gasteiger partial charge in [-0.3, -0.25) is 0 Å². The Balaban J connectivity index is 1.88. The van der Waals surface area contributed by atoms with Crippen LogP contribution in [0.4, 0.5) is 0 Å². The van der Waals surface area contributed by atoms with Gasteiger partial charge >= 0.3 is 0 Å². The Morgan fingerprint density at radius 3 is 3.11 bits per heavy atom. The standard InChI is InChI=1S/C15H25NO2/c1-15(2,8-4-9-17)11-16-13-5-3-6-14-12(13)7-10-18-14/h7,10,13,16-17H,3-6,8-9,11H2,1-2H3. The van der Waals surface area contributed by atoms with Crippen molar-refractivity contribution >= 4 is 0 Å². The lowest BCUT2D eigenvalue weighted by Crippen LogP contribution is -2.33. The highest BCUT2D eigenvalue weighted by molar-refractivity contribution is 5.24. The Morgan fingerprint density at radius 1 is 1.50 bits per heavy atom. The normalized spacial score (nSPS) is 19.8. The average Bonchev–Trinajstić information content (AvgIpc) is 2.82. The van der Waals surface area contributed by atoms with E-state index in [1.807, 2.05) is 6.26 Å². The van der Waals surface area contributed by atoms with Gasteiger partial charge in [0.15, 0.2) is 0 Å². The zero-order chi connectivity index (χ0) is 13.0. The van der Waals surface area contributed by atoms with Gasteiger partial charge in [-0.1, -0.05) is 13.8 Å². The van der Waals surface area contributed by atoms with E-state index in [1.54, 1.807) is 0 Å². The van der Waals surface area contributed by atoms with Gasteiger partial charge in [0.1, 0.15) is 5.76 Å². The maximum atomic E-state index is 8.92. The van der Waals surface area contributed by atoms with Crippen LogP contribution in [0.2, 0.25) is 0 Å². The monoisotopic (exact) mass is 251 g/mol. The zero-order valence-electron chi connectivity index (χ0n) is 11.5. The number of rotatable bonds is 6. The van der Waals surface area contributed by atoms with E-state index in [2.05, 4.69) is 25.2 Å². The molecule has 1 unspecified atom stereocenters. The minimum Gasteiger partial charge on any atom is -0.469 e. The number of hydrogen-bond acceptors (Lipinski definition) is 3. The number of aryl methyl sites for hydroxylation is 1. The Morgan fingerprint density at radius 2 is 2.33 bits per heavy atom. The molecule has 2 N–H and O–H groups in total. The highest BCUT2D eigenvalue weighted by Crippen LogP contribution is 2.31. The van der Waals surface area contributed by atoms with Gasteiger partial charge in [0.05, 0.1) is 6.26 Å². The van der Waals surface area contributed by atoms with E-state index in [0.29, 0.717) is 12.6 Å². The number of fused-ring (bicyclic) bond motifs is 1. The van der Waals surface area contributed by atoms with Gasteiger partial charge in [-0.05, 0) is 37.2 Å². The van der Waals surface area contributed by atoms with E-state index in [9.17, 15) is 0 Å². The van der Waals surface area contributed by atoms with Gasteiger partial charge in [-0.15, -0.1) is 0 Å². The Kier molecular flexibility index (Phi) is 4.46. The third-order valence-corrected chi connectivity index (χ3v) is 3.89. The molecule has 1 aromatic heterocycles. The van der Waals surface area contributed by atoms with Gasteiger partial charge in [0, 0.05) is 31.2 Å². The van der Waals surface area contributed by atoms with Crippen LogP contribution < -0.4 is 5.32 Å². The number of aliphatic hydroxyl groups is 1. The van der Waals surface area contributed by atoms with Crippen LogP contribution in [0.5, 0.6) is 0 Å². The first-order chi connectivity index (χ1) is 8.62. The molecule has 0 spiro atoms. The Labute approximate surface area is 110 Å². The molecule has 0 aliphatic heterocycles. The topological polar surface area (TPSA) is 45.4 Å².